The number of carbonyl (C=O) groups is 2. The normalized spacial score (nSPS) is 12.8. The summed E-state index contributed by atoms with van der Waals surface area (Å²) in [6.45, 7) is 7.93. The summed E-state index contributed by atoms with van der Waals surface area (Å²) in [7, 11) is 0. The summed E-state index contributed by atoms with van der Waals surface area (Å²) in [5.74, 6) is -0.0889. The third kappa shape index (κ3) is 5.25. The van der Waals surface area contributed by atoms with Crippen LogP contribution < -0.4 is 5.32 Å². The van der Waals surface area contributed by atoms with Crippen LogP contribution in [0.15, 0.2) is 30.3 Å². The number of rotatable bonds is 5. The maximum Gasteiger partial charge on any atom is 0.221 e. The quantitative estimate of drug-likeness (QED) is 0.827. The topological polar surface area (TPSA) is 46.2 Å². The van der Waals surface area contributed by atoms with Gasteiger partial charge in [-0.05, 0) is 11.8 Å². The fourth-order valence-electron chi connectivity index (χ4n) is 1.88. The monoisotopic (exact) mass is 261 g/mol. The lowest BCUT2D eigenvalue weighted by molar-refractivity contribution is -0.123. The van der Waals surface area contributed by atoms with Gasteiger partial charge < -0.3 is 5.32 Å². The molecule has 1 aromatic carbocycles. The van der Waals surface area contributed by atoms with E-state index in [4.69, 9.17) is 0 Å². The summed E-state index contributed by atoms with van der Waals surface area (Å²) >= 11 is 0. The zero-order valence-electron chi connectivity index (χ0n) is 12.2. The van der Waals surface area contributed by atoms with Crippen LogP contribution in [-0.4, -0.2) is 17.7 Å². The van der Waals surface area contributed by atoms with Crippen LogP contribution in [0, 0.1) is 5.41 Å². The fraction of sp³-hybridized carbons (Fsp3) is 0.500. The number of nitrogens with one attached hydrogen (secondary N) is 1. The zero-order valence-corrected chi connectivity index (χ0v) is 12.2. The van der Waals surface area contributed by atoms with E-state index in [0.717, 1.165) is 0 Å². The van der Waals surface area contributed by atoms with E-state index in [2.05, 4.69) is 5.32 Å². The largest absolute Gasteiger partial charge is 0.346 e. The predicted molar refractivity (Wildman–Crippen MR) is 77.1 cm³/mol. The van der Waals surface area contributed by atoms with Crippen LogP contribution in [0.3, 0.4) is 0 Å². The molecule has 0 aliphatic rings. The van der Waals surface area contributed by atoms with Gasteiger partial charge in [-0.2, -0.15) is 0 Å². The molecule has 0 aliphatic heterocycles. The molecule has 0 aromatic heterocycles. The highest BCUT2D eigenvalue weighted by Crippen LogP contribution is 2.18. The fourth-order valence-corrected chi connectivity index (χ4v) is 1.88. The van der Waals surface area contributed by atoms with Gasteiger partial charge >= 0.3 is 0 Å². The van der Waals surface area contributed by atoms with Gasteiger partial charge in [0.05, 0.1) is 6.04 Å². The van der Waals surface area contributed by atoms with E-state index in [0.29, 0.717) is 18.4 Å². The predicted octanol–water partition coefficient (Wildman–Crippen LogP) is 3.20. The molecule has 1 atom stereocenters. The Hall–Kier alpha value is -1.64. The molecule has 0 heterocycles. The van der Waals surface area contributed by atoms with E-state index in [1.165, 1.54) is 0 Å². The Kier molecular flexibility index (Phi) is 5.28. The van der Waals surface area contributed by atoms with Gasteiger partial charge in [0.2, 0.25) is 5.91 Å². The molecule has 1 rings (SSSR count). The number of hydrogen-bond donors (Lipinski definition) is 1. The molecule has 1 N–H and O–H groups in total. The van der Waals surface area contributed by atoms with Crippen LogP contribution in [0.5, 0.6) is 0 Å². The van der Waals surface area contributed by atoms with Crippen LogP contribution in [0.2, 0.25) is 0 Å². The third-order valence-corrected chi connectivity index (χ3v) is 2.81. The third-order valence-electron chi connectivity index (χ3n) is 2.81. The van der Waals surface area contributed by atoms with Crippen LogP contribution in [0.1, 0.15) is 50.9 Å². The summed E-state index contributed by atoms with van der Waals surface area (Å²) in [5, 5.41) is 2.83. The van der Waals surface area contributed by atoms with Crippen LogP contribution in [0.25, 0.3) is 0 Å². The number of benzene rings is 1. The van der Waals surface area contributed by atoms with Crippen molar-refractivity contribution in [2.45, 2.75) is 46.6 Å². The first-order chi connectivity index (χ1) is 8.83. The lowest BCUT2D eigenvalue weighted by Crippen LogP contribution is -2.41. The molecule has 0 unspecified atom stereocenters. The molecular weight excluding hydrogens is 238 g/mol. The molecule has 19 heavy (non-hydrogen) atoms. The van der Waals surface area contributed by atoms with Crippen molar-refractivity contribution in [3.63, 3.8) is 0 Å². The summed E-state index contributed by atoms with van der Waals surface area (Å²) in [4.78, 5) is 24.2. The lowest BCUT2D eigenvalue weighted by Gasteiger charge is -2.21. The van der Waals surface area contributed by atoms with Crippen molar-refractivity contribution >= 4 is 11.7 Å². The summed E-state index contributed by atoms with van der Waals surface area (Å²) in [6, 6.07) is 8.66. The van der Waals surface area contributed by atoms with E-state index < -0.39 is 6.04 Å². The molecule has 1 aromatic rings. The molecule has 3 heteroatoms. The first-order valence-corrected chi connectivity index (χ1v) is 6.72. The molecule has 0 aliphatic carbocycles. The molecule has 0 fully saturated rings. The van der Waals surface area contributed by atoms with Crippen molar-refractivity contribution in [3.05, 3.63) is 35.9 Å². The highest BCUT2D eigenvalue weighted by atomic mass is 16.2. The Morgan fingerprint density at radius 3 is 2.21 bits per heavy atom. The molecule has 1 amide bonds. The zero-order chi connectivity index (χ0) is 14.5. The van der Waals surface area contributed by atoms with Crippen molar-refractivity contribution in [1.82, 2.24) is 5.32 Å². The Morgan fingerprint density at radius 2 is 1.74 bits per heavy atom. The van der Waals surface area contributed by atoms with Gasteiger partial charge in [-0.1, -0.05) is 58.0 Å². The van der Waals surface area contributed by atoms with E-state index in [9.17, 15) is 9.59 Å². The SMILES string of the molecule is CC[C@H](NC(=O)CC(C)(C)C)C(=O)c1ccccc1. The minimum absolute atomic E-state index is 0.0228. The van der Waals surface area contributed by atoms with Crippen molar-refractivity contribution in [2.24, 2.45) is 5.41 Å². The first-order valence-electron chi connectivity index (χ1n) is 6.72. The van der Waals surface area contributed by atoms with Crippen molar-refractivity contribution in [2.75, 3.05) is 0 Å². The van der Waals surface area contributed by atoms with E-state index >= 15 is 0 Å². The minimum Gasteiger partial charge on any atom is -0.346 e. The number of Topliss-reactive ketones (excluding diaryl/α,β-unsaturated/α-hetero) is 1. The van der Waals surface area contributed by atoms with Gasteiger partial charge in [0.1, 0.15) is 0 Å². The highest BCUT2D eigenvalue weighted by Gasteiger charge is 2.22. The van der Waals surface area contributed by atoms with Gasteiger partial charge in [0.25, 0.3) is 0 Å². The molecule has 0 radical (unpaired) electrons. The second-order valence-corrected chi connectivity index (χ2v) is 6.00. The Labute approximate surface area is 115 Å². The summed E-state index contributed by atoms with van der Waals surface area (Å²) in [5.41, 5.74) is 0.573. The Bertz CT molecular complexity index is 432. The van der Waals surface area contributed by atoms with Crippen molar-refractivity contribution < 1.29 is 9.59 Å². The van der Waals surface area contributed by atoms with Gasteiger partial charge in [0.15, 0.2) is 5.78 Å². The van der Waals surface area contributed by atoms with Crippen LogP contribution in [0.4, 0.5) is 0 Å². The second kappa shape index (κ2) is 6.50. The molecule has 0 saturated heterocycles. The number of ketones is 1. The van der Waals surface area contributed by atoms with Crippen LogP contribution >= 0.6 is 0 Å². The standard InChI is InChI=1S/C16H23NO2/c1-5-13(17-14(18)11-16(2,3)4)15(19)12-9-7-6-8-10-12/h6-10,13H,5,11H2,1-4H3,(H,17,18)/t13-/m0/s1. The van der Waals surface area contributed by atoms with E-state index in [-0.39, 0.29) is 17.1 Å². The van der Waals surface area contributed by atoms with Gasteiger partial charge in [-0.15, -0.1) is 0 Å². The van der Waals surface area contributed by atoms with Gasteiger partial charge in [-0.3, -0.25) is 9.59 Å². The molecule has 0 saturated carbocycles. The Morgan fingerprint density at radius 1 is 1.16 bits per heavy atom. The molecule has 104 valence electrons. The van der Waals surface area contributed by atoms with Crippen LogP contribution in [-0.2, 0) is 4.79 Å². The maximum atomic E-state index is 12.3. The van der Waals surface area contributed by atoms with E-state index in [1.807, 2.05) is 45.9 Å². The van der Waals surface area contributed by atoms with E-state index in [1.54, 1.807) is 12.1 Å². The summed E-state index contributed by atoms with van der Waals surface area (Å²) in [6.07, 6.45) is 1.02. The molecular formula is C16H23NO2. The Balaban J connectivity index is 2.69. The molecule has 0 spiro atoms. The average molecular weight is 261 g/mol. The van der Waals surface area contributed by atoms with Gasteiger partial charge in [0, 0.05) is 12.0 Å². The maximum absolute atomic E-state index is 12.3. The highest BCUT2D eigenvalue weighted by molar-refractivity contribution is 6.01. The summed E-state index contributed by atoms with van der Waals surface area (Å²) < 4.78 is 0. The molecule has 0 bridgehead atoms. The number of carbonyl (C=O) groups excluding carboxylic acids is 2. The van der Waals surface area contributed by atoms with Crippen molar-refractivity contribution in [3.8, 4) is 0 Å². The smallest absolute Gasteiger partial charge is 0.221 e. The average Bonchev–Trinajstić information content (AvgIpc) is 2.34. The second-order valence-electron chi connectivity index (χ2n) is 6.00. The molecule has 3 nitrogen and oxygen atoms in total. The number of amides is 1. The van der Waals surface area contributed by atoms with Crippen molar-refractivity contribution in [1.29, 1.82) is 0 Å². The van der Waals surface area contributed by atoms with Gasteiger partial charge in [-0.25, -0.2) is 0 Å². The lowest BCUT2D eigenvalue weighted by atomic mass is 9.91. The first kappa shape index (κ1) is 15.4. The number of hydrogen-bond acceptors (Lipinski definition) is 2. The minimum atomic E-state index is -0.433.